The van der Waals surface area contributed by atoms with Gasteiger partial charge < -0.3 is 11.1 Å². The van der Waals surface area contributed by atoms with Crippen molar-refractivity contribution in [3.63, 3.8) is 0 Å². The average Bonchev–Trinajstić information content (AvgIpc) is 2.99. The fraction of sp³-hybridized carbons (Fsp3) is 0.333. The Bertz CT molecular complexity index is 662. The van der Waals surface area contributed by atoms with Gasteiger partial charge >= 0.3 is 0 Å². The van der Waals surface area contributed by atoms with Crippen LogP contribution in [-0.4, -0.2) is 21.7 Å². The van der Waals surface area contributed by atoms with Crippen molar-refractivity contribution in [1.82, 2.24) is 9.78 Å². The van der Waals surface area contributed by atoms with E-state index in [4.69, 9.17) is 5.73 Å². The molecular formula is C15H18N4O. The summed E-state index contributed by atoms with van der Waals surface area (Å²) in [5.74, 6) is 0.287. The molecule has 5 heteroatoms. The molecule has 20 heavy (non-hydrogen) atoms. The molecule has 0 saturated heterocycles. The Kier molecular flexibility index (Phi) is 3.06. The zero-order chi connectivity index (χ0) is 14.3. The summed E-state index contributed by atoms with van der Waals surface area (Å²) in [4.78, 5) is 12.2. The van der Waals surface area contributed by atoms with Gasteiger partial charge in [-0.05, 0) is 36.6 Å². The van der Waals surface area contributed by atoms with Crippen LogP contribution < -0.4 is 11.1 Å². The Balaban J connectivity index is 1.81. The maximum absolute atomic E-state index is 12.2. The van der Waals surface area contributed by atoms with E-state index >= 15 is 0 Å². The third kappa shape index (κ3) is 2.44. The summed E-state index contributed by atoms with van der Waals surface area (Å²) >= 11 is 0. The van der Waals surface area contributed by atoms with Crippen molar-refractivity contribution < 1.29 is 4.79 Å². The number of anilines is 1. The number of amides is 1. The van der Waals surface area contributed by atoms with E-state index in [1.165, 1.54) is 11.1 Å². The van der Waals surface area contributed by atoms with E-state index in [1.807, 2.05) is 25.2 Å². The van der Waals surface area contributed by atoms with Crippen molar-refractivity contribution in [2.45, 2.75) is 25.3 Å². The van der Waals surface area contributed by atoms with E-state index in [-0.39, 0.29) is 11.9 Å². The summed E-state index contributed by atoms with van der Waals surface area (Å²) in [5.41, 5.74) is 9.65. The van der Waals surface area contributed by atoms with Crippen molar-refractivity contribution in [3.8, 4) is 0 Å². The quantitative estimate of drug-likeness (QED) is 0.893. The van der Waals surface area contributed by atoms with Crippen molar-refractivity contribution in [3.05, 3.63) is 47.3 Å². The van der Waals surface area contributed by atoms with Crippen LogP contribution in [-0.2, 0) is 7.05 Å². The molecule has 1 aliphatic carbocycles. The van der Waals surface area contributed by atoms with Gasteiger partial charge in [0, 0.05) is 30.8 Å². The van der Waals surface area contributed by atoms with E-state index < -0.39 is 0 Å². The van der Waals surface area contributed by atoms with Gasteiger partial charge in [0.2, 0.25) is 0 Å². The van der Waals surface area contributed by atoms with E-state index in [9.17, 15) is 4.79 Å². The molecule has 0 aliphatic heterocycles. The smallest absolute Gasteiger partial charge is 0.255 e. The van der Waals surface area contributed by atoms with Gasteiger partial charge in [-0.3, -0.25) is 9.48 Å². The van der Waals surface area contributed by atoms with Crippen molar-refractivity contribution >= 4 is 11.6 Å². The second kappa shape index (κ2) is 4.76. The fourth-order valence-corrected chi connectivity index (χ4v) is 2.44. The van der Waals surface area contributed by atoms with Gasteiger partial charge in [-0.25, -0.2) is 0 Å². The summed E-state index contributed by atoms with van der Waals surface area (Å²) in [6.07, 6.45) is 4.40. The lowest BCUT2D eigenvalue weighted by atomic mass is 10.0. The fourth-order valence-electron chi connectivity index (χ4n) is 2.44. The highest BCUT2D eigenvalue weighted by atomic mass is 16.1. The number of nitrogens with one attached hydrogen (secondary N) is 1. The topological polar surface area (TPSA) is 72.9 Å². The third-order valence-electron chi connectivity index (χ3n) is 3.74. The molecule has 2 atom stereocenters. The van der Waals surface area contributed by atoms with Crippen LogP contribution in [0.1, 0.15) is 33.8 Å². The van der Waals surface area contributed by atoms with Gasteiger partial charge in [-0.1, -0.05) is 6.07 Å². The molecule has 1 fully saturated rings. The molecule has 0 bridgehead atoms. The predicted octanol–water partition coefficient (Wildman–Crippen LogP) is 1.80. The number of hydrogen-bond acceptors (Lipinski definition) is 3. The number of carbonyl (C=O) groups is 1. The standard InChI is InChI=1S/C15H18N4O/c1-9-3-4-10(5-12(9)13-6-14(13)16)15(20)18-11-7-17-19(2)8-11/h3-5,7-8,13-14H,6,16H2,1-2H3,(H,18,20)/t13-,14+/m0/s1. The predicted molar refractivity (Wildman–Crippen MR) is 77.7 cm³/mol. The first-order valence-electron chi connectivity index (χ1n) is 6.70. The lowest BCUT2D eigenvalue weighted by Gasteiger charge is -2.08. The number of aryl methyl sites for hydroxylation is 2. The van der Waals surface area contributed by atoms with Crippen LogP contribution in [0.2, 0.25) is 0 Å². The molecule has 104 valence electrons. The van der Waals surface area contributed by atoms with Gasteiger partial charge in [0.25, 0.3) is 5.91 Å². The first-order chi connectivity index (χ1) is 9.54. The Morgan fingerprint density at radius 2 is 2.25 bits per heavy atom. The second-order valence-electron chi connectivity index (χ2n) is 5.43. The van der Waals surface area contributed by atoms with Crippen LogP contribution in [0.25, 0.3) is 0 Å². The molecular weight excluding hydrogens is 252 g/mol. The van der Waals surface area contributed by atoms with Gasteiger partial charge in [0.1, 0.15) is 0 Å². The molecule has 2 aromatic rings. The first-order valence-corrected chi connectivity index (χ1v) is 6.70. The second-order valence-corrected chi connectivity index (χ2v) is 5.43. The SMILES string of the molecule is Cc1ccc(C(=O)Nc2cnn(C)c2)cc1[C@@H]1C[C@H]1N. The van der Waals surface area contributed by atoms with Crippen LogP contribution in [0.15, 0.2) is 30.6 Å². The lowest BCUT2D eigenvalue weighted by Crippen LogP contribution is -2.12. The summed E-state index contributed by atoms with van der Waals surface area (Å²) in [6.45, 7) is 2.06. The summed E-state index contributed by atoms with van der Waals surface area (Å²) in [5, 5.41) is 6.87. The number of hydrogen-bond donors (Lipinski definition) is 2. The molecule has 1 saturated carbocycles. The zero-order valence-corrected chi connectivity index (χ0v) is 11.6. The monoisotopic (exact) mass is 270 g/mol. The molecule has 5 nitrogen and oxygen atoms in total. The molecule has 1 heterocycles. The van der Waals surface area contributed by atoms with Gasteiger partial charge in [0.15, 0.2) is 0 Å². The maximum Gasteiger partial charge on any atom is 0.255 e. The van der Waals surface area contributed by atoms with E-state index in [0.717, 1.165) is 6.42 Å². The molecule has 1 amide bonds. The van der Waals surface area contributed by atoms with Gasteiger partial charge in [-0.15, -0.1) is 0 Å². The highest BCUT2D eigenvalue weighted by molar-refractivity contribution is 6.04. The van der Waals surface area contributed by atoms with E-state index in [0.29, 0.717) is 17.2 Å². The first kappa shape index (κ1) is 12.9. The average molecular weight is 270 g/mol. The van der Waals surface area contributed by atoms with Gasteiger partial charge in [0.05, 0.1) is 11.9 Å². The number of rotatable bonds is 3. The minimum absolute atomic E-state index is 0.117. The lowest BCUT2D eigenvalue weighted by molar-refractivity contribution is 0.102. The molecule has 0 radical (unpaired) electrons. The number of nitrogens with two attached hydrogens (primary N) is 1. The van der Waals surface area contributed by atoms with Crippen LogP contribution in [0.5, 0.6) is 0 Å². The largest absolute Gasteiger partial charge is 0.327 e. The van der Waals surface area contributed by atoms with E-state index in [1.54, 1.807) is 17.1 Å². The van der Waals surface area contributed by atoms with E-state index in [2.05, 4.69) is 17.3 Å². The highest BCUT2D eigenvalue weighted by Crippen LogP contribution is 2.40. The summed E-state index contributed by atoms with van der Waals surface area (Å²) in [6, 6.07) is 6.03. The highest BCUT2D eigenvalue weighted by Gasteiger charge is 2.36. The Hall–Kier alpha value is -2.14. The maximum atomic E-state index is 12.2. The molecule has 3 rings (SSSR count). The molecule has 1 aromatic heterocycles. The minimum Gasteiger partial charge on any atom is -0.327 e. The van der Waals surface area contributed by atoms with Crippen LogP contribution in [0.4, 0.5) is 5.69 Å². The summed E-state index contributed by atoms with van der Waals surface area (Å²) < 4.78 is 1.65. The Labute approximate surface area is 117 Å². The molecule has 1 aliphatic rings. The number of aromatic nitrogens is 2. The van der Waals surface area contributed by atoms with Crippen LogP contribution >= 0.6 is 0 Å². The number of carbonyl (C=O) groups excluding carboxylic acids is 1. The van der Waals surface area contributed by atoms with Crippen LogP contribution in [0.3, 0.4) is 0 Å². The molecule has 1 aromatic carbocycles. The number of benzene rings is 1. The van der Waals surface area contributed by atoms with Crippen molar-refractivity contribution in [1.29, 1.82) is 0 Å². The Morgan fingerprint density at radius 3 is 2.85 bits per heavy atom. The van der Waals surface area contributed by atoms with Crippen molar-refractivity contribution in [2.24, 2.45) is 12.8 Å². The van der Waals surface area contributed by atoms with Crippen LogP contribution in [0, 0.1) is 6.92 Å². The molecule has 0 spiro atoms. The summed E-state index contributed by atoms with van der Waals surface area (Å²) in [7, 11) is 1.81. The van der Waals surface area contributed by atoms with Gasteiger partial charge in [-0.2, -0.15) is 5.10 Å². The molecule has 3 N–H and O–H groups in total. The van der Waals surface area contributed by atoms with Crippen molar-refractivity contribution in [2.75, 3.05) is 5.32 Å². The number of nitrogens with zero attached hydrogens (tertiary/aromatic N) is 2. The normalized spacial score (nSPS) is 20.8. The minimum atomic E-state index is -0.117. The Morgan fingerprint density at radius 1 is 1.50 bits per heavy atom. The zero-order valence-electron chi connectivity index (χ0n) is 11.6. The molecule has 0 unspecified atom stereocenters. The third-order valence-corrected chi connectivity index (χ3v) is 3.74.